The van der Waals surface area contributed by atoms with E-state index in [-0.39, 0.29) is 30.4 Å². The fourth-order valence-electron chi connectivity index (χ4n) is 4.45. The molecule has 0 radical (unpaired) electrons. The molecule has 7 heteroatoms. The molecule has 0 amide bonds. The van der Waals surface area contributed by atoms with Gasteiger partial charge in [0.05, 0.1) is 43.6 Å². The lowest BCUT2D eigenvalue weighted by molar-refractivity contribution is -0.149. The van der Waals surface area contributed by atoms with Crippen molar-refractivity contribution in [3.8, 4) is 11.4 Å². The Balaban J connectivity index is 1.71. The summed E-state index contributed by atoms with van der Waals surface area (Å²) in [6.45, 7) is 2.47. The Labute approximate surface area is 165 Å². The Kier molecular flexibility index (Phi) is 3.86. The topological polar surface area (TPSA) is 70.4 Å². The van der Waals surface area contributed by atoms with Crippen molar-refractivity contribution in [2.24, 2.45) is 0 Å². The summed E-state index contributed by atoms with van der Waals surface area (Å²) in [5, 5.41) is 0.703. The van der Waals surface area contributed by atoms with Crippen LogP contribution in [0.5, 0.6) is 0 Å². The number of halogens is 1. The molecule has 0 saturated carbocycles. The quantitative estimate of drug-likeness (QED) is 0.499. The van der Waals surface area contributed by atoms with Crippen LogP contribution in [0.1, 0.15) is 36.5 Å². The molecule has 4 heterocycles. The number of ether oxygens (including phenoxy) is 2. The van der Waals surface area contributed by atoms with Crippen molar-refractivity contribution in [2.75, 3.05) is 7.11 Å². The Morgan fingerprint density at radius 1 is 1.34 bits per heavy atom. The van der Waals surface area contributed by atoms with Gasteiger partial charge in [-0.15, -0.1) is 0 Å². The van der Waals surface area contributed by atoms with E-state index in [1.807, 2.05) is 19.1 Å². The zero-order valence-corrected chi connectivity index (χ0v) is 16.1. The van der Waals surface area contributed by atoms with Gasteiger partial charge in [0.1, 0.15) is 11.4 Å². The maximum absolute atomic E-state index is 13.6. The number of fused-ring (bicyclic) bond motifs is 5. The zero-order valence-electron chi connectivity index (χ0n) is 16.1. The van der Waals surface area contributed by atoms with Crippen LogP contribution < -0.4 is 5.56 Å². The van der Waals surface area contributed by atoms with E-state index in [2.05, 4.69) is 0 Å². The Morgan fingerprint density at radius 3 is 2.93 bits per heavy atom. The molecule has 6 nitrogen and oxygen atoms in total. The number of carbonyl (C=O) groups excluding carboxylic acids is 1. The average Bonchev–Trinajstić information content (AvgIpc) is 3.26. The second kappa shape index (κ2) is 6.22. The van der Waals surface area contributed by atoms with Crippen LogP contribution in [0.2, 0.25) is 0 Å². The van der Waals surface area contributed by atoms with Crippen LogP contribution >= 0.6 is 0 Å². The standard InChI is InChI=1S/C22H19FN2O4/c1-3-22(9-19(26)28-2)16-8-18-20-13(10-25(18)21(27)15(16)11-29-22)6-12-7-14(23)4-5-17(12)24-20/h4-8H,3,9-11H2,1-2H3. The highest BCUT2D eigenvalue weighted by Crippen LogP contribution is 2.43. The monoisotopic (exact) mass is 394 g/mol. The molecule has 3 aromatic rings. The molecule has 2 aromatic heterocycles. The van der Waals surface area contributed by atoms with Crippen molar-refractivity contribution in [2.45, 2.75) is 38.5 Å². The SMILES string of the molecule is CCC1(CC(=O)OC)OCc2c1cc1n(c2=O)Cc2cc3cc(F)ccc3nc2-1. The summed E-state index contributed by atoms with van der Waals surface area (Å²) in [6.07, 6.45) is 0.586. The lowest BCUT2D eigenvalue weighted by Gasteiger charge is -2.27. The molecule has 1 unspecified atom stereocenters. The fraction of sp³-hybridized carbons (Fsp3) is 0.318. The second-order valence-electron chi connectivity index (χ2n) is 7.54. The van der Waals surface area contributed by atoms with Gasteiger partial charge in [0.15, 0.2) is 0 Å². The van der Waals surface area contributed by atoms with Gasteiger partial charge in [-0.25, -0.2) is 9.37 Å². The molecule has 0 bridgehead atoms. The molecule has 0 aliphatic carbocycles. The maximum atomic E-state index is 13.6. The van der Waals surface area contributed by atoms with Gasteiger partial charge in [0, 0.05) is 16.5 Å². The second-order valence-corrected chi connectivity index (χ2v) is 7.54. The van der Waals surface area contributed by atoms with E-state index in [9.17, 15) is 14.0 Å². The summed E-state index contributed by atoms with van der Waals surface area (Å²) < 4.78 is 26.1. The Bertz CT molecular complexity index is 1250. The molecule has 1 atom stereocenters. The summed E-state index contributed by atoms with van der Waals surface area (Å²) in [5.74, 6) is -0.703. The predicted molar refractivity (Wildman–Crippen MR) is 104 cm³/mol. The summed E-state index contributed by atoms with van der Waals surface area (Å²) in [5.41, 5.74) is 3.24. The third-order valence-corrected chi connectivity index (χ3v) is 6.04. The third-order valence-electron chi connectivity index (χ3n) is 6.04. The number of aromatic nitrogens is 2. The number of hydrogen-bond acceptors (Lipinski definition) is 5. The lowest BCUT2D eigenvalue weighted by Crippen LogP contribution is -2.30. The normalized spacial score (nSPS) is 19.1. The van der Waals surface area contributed by atoms with Crippen molar-refractivity contribution in [3.05, 3.63) is 63.2 Å². The van der Waals surface area contributed by atoms with Gasteiger partial charge >= 0.3 is 5.97 Å². The van der Waals surface area contributed by atoms with Crippen molar-refractivity contribution in [1.29, 1.82) is 0 Å². The average molecular weight is 394 g/mol. The number of benzene rings is 1. The summed E-state index contributed by atoms with van der Waals surface area (Å²) in [6, 6.07) is 8.26. The van der Waals surface area contributed by atoms with Crippen molar-refractivity contribution >= 4 is 16.9 Å². The smallest absolute Gasteiger partial charge is 0.308 e. The Hall–Kier alpha value is -3.06. The number of methoxy groups -OCH3 is 1. The fourth-order valence-corrected chi connectivity index (χ4v) is 4.45. The molecule has 2 aliphatic rings. The van der Waals surface area contributed by atoms with Gasteiger partial charge in [-0.1, -0.05) is 6.92 Å². The summed E-state index contributed by atoms with van der Waals surface area (Å²) in [4.78, 5) is 29.9. The number of rotatable bonds is 3. The van der Waals surface area contributed by atoms with Gasteiger partial charge in [-0.3, -0.25) is 9.59 Å². The number of nitrogens with zero attached hydrogens (tertiary/aromatic N) is 2. The van der Waals surface area contributed by atoms with Crippen LogP contribution in [0.25, 0.3) is 22.3 Å². The molecular formula is C22H19FN2O4. The first-order valence-corrected chi connectivity index (χ1v) is 9.53. The number of esters is 1. The maximum Gasteiger partial charge on any atom is 0.308 e. The van der Waals surface area contributed by atoms with E-state index in [0.29, 0.717) is 40.8 Å². The van der Waals surface area contributed by atoms with E-state index in [4.69, 9.17) is 14.5 Å². The molecular weight excluding hydrogens is 375 g/mol. The van der Waals surface area contributed by atoms with Crippen LogP contribution in [-0.2, 0) is 33.0 Å². The zero-order chi connectivity index (χ0) is 20.3. The minimum atomic E-state index is -0.875. The van der Waals surface area contributed by atoms with Crippen LogP contribution in [-0.4, -0.2) is 22.6 Å². The molecule has 29 heavy (non-hydrogen) atoms. The van der Waals surface area contributed by atoms with Crippen molar-refractivity contribution in [1.82, 2.24) is 9.55 Å². The van der Waals surface area contributed by atoms with Gasteiger partial charge in [0.25, 0.3) is 5.56 Å². The van der Waals surface area contributed by atoms with Crippen LogP contribution in [0.3, 0.4) is 0 Å². The molecule has 5 rings (SSSR count). The highest BCUT2D eigenvalue weighted by molar-refractivity contribution is 5.84. The molecule has 2 aliphatic heterocycles. The van der Waals surface area contributed by atoms with E-state index in [0.717, 1.165) is 11.1 Å². The van der Waals surface area contributed by atoms with Gasteiger partial charge < -0.3 is 14.0 Å². The highest BCUT2D eigenvalue weighted by atomic mass is 19.1. The number of pyridine rings is 2. The summed E-state index contributed by atoms with van der Waals surface area (Å²) >= 11 is 0. The molecule has 0 fully saturated rings. The van der Waals surface area contributed by atoms with Crippen LogP contribution in [0, 0.1) is 5.82 Å². The van der Waals surface area contributed by atoms with Gasteiger partial charge in [-0.05, 0) is 42.3 Å². The molecule has 148 valence electrons. The molecule has 0 saturated heterocycles. The number of carbonyl (C=O) groups is 1. The van der Waals surface area contributed by atoms with Gasteiger partial charge in [0.2, 0.25) is 0 Å². The highest BCUT2D eigenvalue weighted by Gasteiger charge is 2.43. The van der Waals surface area contributed by atoms with E-state index >= 15 is 0 Å². The Morgan fingerprint density at radius 2 is 2.17 bits per heavy atom. The minimum Gasteiger partial charge on any atom is -0.469 e. The van der Waals surface area contributed by atoms with E-state index in [1.165, 1.54) is 19.2 Å². The predicted octanol–water partition coefficient (Wildman–Crippen LogP) is 3.26. The summed E-state index contributed by atoms with van der Waals surface area (Å²) in [7, 11) is 1.34. The molecule has 0 N–H and O–H groups in total. The van der Waals surface area contributed by atoms with Crippen LogP contribution in [0.4, 0.5) is 4.39 Å². The van der Waals surface area contributed by atoms with Crippen molar-refractivity contribution < 1.29 is 18.7 Å². The van der Waals surface area contributed by atoms with Crippen LogP contribution in [0.15, 0.2) is 35.1 Å². The van der Waals surface area contributed by atoms with E-state index < -0.39 is 5.60 Å². The third kappa shape index (κ3) is 2.54. The first-order chi connectivity index (χ1) is 14.0. The number of hydrogen-bond donors (Lipinski definition) is 0. The first kappa shape index (κ1) is 18.0. The van der Waals surface area contributed by atoms with Gasteiger partial charge in [-0.2, -0.15) is 0 Å². The minimum absolute atomic E-state index is 0.0488. The van der Waals surface area contributed by atoms with E-state index in [1.54, 1.807) is 10.6 Å². The molecule has 1 aromatic carbocycles. The molecule has 0 spiro atoms. The largest absolute Gasteiger partial charge is 0.469 e. The first-order valence-electron chi connectivity index (χ1n) is 9.53. The van der Waals surface area contributed by atoms with Crippen molar-refractivity contribution in [3.63, 3.8) is 0 Å². The lowest BCUT2D eigenvalue weighted by atomic mass is 9.87.